The molecule has 0 radical (unpaired) electrons. The third kappa shape index (κ3) is 15.0. The molecule has 17 atom stereocenters. The first-order valence-corrected chi connectivity index (χ1v) is 30.6. The Balaban J connectivity index is 1.16. The van der Waals surface area contributed by atoms with E-state index in [9.17, 15) is 49.9 Å². The van der Waals surface area contributed by atoms with E-state index < -0.39 is 140 Å². The van der Waals surface area contributed by atoms with Gasteiger partial charge in [0, 0.05) is 96.3 Å². The van der Waals surface area contributed by atoms with Gasteiger partial charge in [-0.25, -0.2) is 9.59 Å². The van der Waals surface area contributed by atoms with Crippen LogP contribution in [0.25, 0.3) is 10.9 Å². The van der Waals surface area contributed by atoms with Gasteiger partial charge in [-0.1, -0.05) is 32.9 Å². The predicted octanol–water partition coefficient (Wildman–Crippen LogP) is 5.51. The summed E-state index contributed by atoms with van der Waals surface area (Å²) in [6.07, 6.45) is -8.07. The number of amides is 1. The smallest absolute Gasteiger partial charge is 0.407 e. The van der Waals surface area contributed by atoms with Crippen molar-refractivity contribution in [1.82, 2.24) is 14.8 Å². The minimum absolute atomic E-state index is 0.00888. The fourth-order valence-electron chi connectivity index (χ4n) is 11.8. The van der Waals surface area contributed by atoms with Gasteiger partial charge in [0.05, 0.1) is 67.0 Å². The quantitative estimate of drug-likeness (QED) is 0.0272. The number of carbonyl (C=O) groups excluding carboxylic acids is 2. The third-order valence-electron chi connectivity index (χ3n) is 16.4. The summed E-state index contributed by atoms with van der Waals surface area (Å²) in [6, 6.07) is 3.32. The maximum Gasteiger partial charge on any atom is 0.407 e. The predicted molar refractivity (Wildman–Crippen MR) is 309 cm³/mol. The van der Waals surface area contributed by atoms with Gasteiger partial charge in [0.25, 0.3) is 0 Å². The molecule has 1 aromatic carbocycles. The molecule has 5 heterocycles. The van der Waals surface area contributed by atoms with Gasteiger partial charge in [0.1, 0.15) is 34.7 Å². The Morgan fingerprint density at radius 1 is 0.975 bits per heavy atom. The molecule has 3 saturated heterocycles. The van der Waals surface area contributed by atoms with E-state index in [0.29, 0.717) is 26.6 Å². The number of cyclic esters (lactones) is 1. The number of oxime groups is 1. The highest BCUT2D eigenvalue weighted by Crippen LogP contribution is 2.42. The molecular formula is C56H87IN4O19S. The van der Waals surface area contributed by atoms with E-state index >= 15 is 0 Å². The lowest BCUT2D eigenvalue weighted by Gasteiger charge is -2.47. The van der Waals surface area contributed by atoms with Crippen molar-refractivity contribution in [3.05, 3.63) is 39.7 Å². The number of carboxylic acid groups (broad SMARTS) is 1. The maximum absolute atomic E-state index is 14.5. The van der Waals surface area contributed by atoms with E-state index in [1.807, 2.05) is 45.8 Å². The zero-order valence-electron chi connectivity index (χ0n) is 49.3. The minimum atomic E-state index is -2.03. The lowest BCUT2D eigenvalue weighted by molar-refractivity contribution is -0.293. The zero-order chi connectivity index (χ0) is 60.3. The van der Waals surface area contributed by atoms with Gasteiger partial charge in [0.2, 0.25) is 5.43 Å². The first kappa shape index (κ1) is 66.7. The number of methoxy groups -OCH3 is 1. The summed E-state index contributed by atoms with van der Waals surface area (Å²) in [5.74, 6) is -5.20. The van der Waals surface area contributed by atoms with E-state index in [-0.39, 0.29) is 69.0 Å². The first-order valence-electron chi connectivity index (χ1n) is 27.7. The van der Waals surface area contributed by atoms with E-state index in [4.69, 9.17) is 41.0 Å². The first-order chi connectivity index (χ1) is 37.8. The third-order valence-corrected chi connectivity index (χ3v) is 20.8. The second-order valence-electron chi connectivity index (χ2n) is 23.4. The van der Waals surface area contributed by atoms with E-state index in [1.165, 1.54) is 32.0 Å². The largest absolute Gasteiger partial charge is 0.477 e. The number of aromatic carboxylic acids is 1. The van der Waals surface area contributed by atoms with Gasteiger partial charge >= 0.3 is 18.0 Å². The van der Waals surface area contributed by atoms with Crippen molar-refractivity contribution in [3.8, 4) is 0 Å². The average Bonchev–Trinajstić information content (AvgIpc) is 3.40. The van der Waals surface area contributed by atoms with E-state index in [2.05, 4.69) is 10.5 Å². The summed E-state index contributed by atoms with van der Waals surface area (Å²) in [4.78, 5) is 55.8. The molecule has 81 heavy (non-hydrogen) atoms. The minimum Gasteiger partial charge on any atom is -0.477 e. The second kappa shape index (κ2) is 27.3. The van der Waals surface area contributed by atoms with Crippen molar-refractivity contribution in [2.24, 2.45) is 28.8 Å². The number of thioether (sulfide) groups is 1. The number of rotatable bonds is 16. The number of hydrogen-bond donors (Lipinski definition) is 7. The number of halogens is 1. The normalized spacial score (nSPS) is 37.1. The number of hydrogen-bond acceptors (Lipinski definition) is 21. The van der Waals surface area contributed by atoms with Crippen molar-refractivity contribution in [3.63, 3.8) is 0 Å². The molecule has 23 nitrogen and oxygen atoms in total. The maximum atomic E-state index is 14.5. The number of likely N-dealkylation sites (N-methyl/N-ethyl adjacent to an activating group) is 1. The summed E-state index contributed by atoms with van der Waals surface area (Å²) < 4.78 is 58.1. The average molecular weight is 1280 g/mol. The van der Waals surface area contributed by atoms with Crippen molar-refractivity contribution >= 4 is 71.1 Å². The number of alkyl carbamates (subject to hydrolysis) is 1. The Labute approximate surface area is 488 Å². The fraction of sp³-hybridized carbons (Fsp3) is 0.750. The SMILES string of the molecule is CC[C@H]1OC(=O)C(C)[C@@H](O[C@H]2C[C@@](C)(OC)[C@@H](OC(=O)NCCOCCSc3cc4c5c(c3)c(=O)c(C(=O)O)cn5C(C)(C)OC4)C(C)O2)[C@H](C)C(=IO[C@@H]2O[C@H](C)C[C@H](N(C)C)C2O)[C@](C)(O)C[C@@H](C)/C(=N\O)C(C)C(O)[C@]1(C)O. The van der Waals surface area contributed by atoms with Gasteiger partial charge < -0.3 is 83.4 Å². The van der Waals surface area contributed by atoms with Gasteiger partial charge in [-0.2, -0.15) is 0 Å². The van der Waals surface area contributed by atoms with Gasteiger partial charge in [0.15, 0.2) is 18.7 Å². The zero-order valence-corrected chi connectivity index (χ0v) is 52.3. The Hall–Kier alpha value is -3.42. The molecule has 1 aromatic heterocycles. The van der Waals surface area contributed by atoms with Crippen LogP contribution in [0.5, 0.6) is 0 Å². The number of carboxylic acids is 1. The number of benzene rings is 1. The molecule has 0 bridgehead atoms. The standard InChI is InChI=1S/C56H87IN4O19S/c1-16-39-56(12,70)47(64)30(4)41(59-71)28(2)24-54(10,69)46(57-80-51-44(63)38(60(13)14)21-29(3)75-51)31(5)45(32(6)50(67)77-39)78-40-25-55(11,72-15)48(33(7)76-40)79-52(68)58-17-18-73-19-20-81-35-22-34-27-74-53(8,9)61-26-37(49(65)66)43(62)36(23-35)42(34)61/h22-23,26,28-33,38-40,44-45,47-48,51,63-64,69-71H,16-21,24-25,27H2,1-15H3,(H,58,68)(H,65,66)/b59-41+/t28-,29-,30?,31+,32?,33?,38+,39-,40+,44?,45+,47?,48+,51+,54-,55-,56-/m1/s1. The van der Waals surface area contributed by atoms with Crippen LogP contribution in [-0.4, -0.2) is 192 Å². The molecule has 5 unspecified atom stereocenters. The number of carbonyl (C=O) groups is 3. The van der Waals surface area contributed by atoms with E-state index in [1.54, 1.807) is 66.0 Å². The lowest BCUT2D eigenvalue weighted by atomic mass is 9.75. The summed E-state index contributed by atoms with van der Waals surface area (Å²) in [7, 11) is 5.19. The Kier molecular flexibility index (Phi) is 22.5. The number of nitrogens with one attached hydrogen (secondary N) is 1. The van der Waals surface area contributed by atoms with Gasteiger partial charge in [-0.05, 0) is 101 Å². The van der Waals surface area contributed by atoms with Crippen LogP contribution in [0.15, 0.2) is 33.2 Å². The van der Waals surface area contributed by atoms with Crippen LogP contribution < -0.4 is 10.7 Å². The number of nitrogens with zero attached hydrogens (tertiary/aromatic N) is 3. The molecular weight excluding hydrogens is 1190 g/mol. The Morgan fingerprint density at radius 2 is 1.67 bits per heavy atom. The molecule has 0 spiro atoms. The van der Waals surface area contributed by atoms with Crippen molar-refractivity contribution < 1.29 is 86.1 Å². The molecule has 4 aliphatic heterocycles. The highest BCUT2D eigenvalue weighted by atomic mass is 127. The van der Waals surface area contributed by atoms with Gasteiger partial charge in [-0.3, -0.25) is 12.7 Å². The van der Waals surface area contributed by atoms with Crippen molar-refractivity contribution in [2.45, 2.75) is 204 Å². The number of pyridine rings is 1. The van der Waals surface area contributed by atoms with Gasteiger partial charge in [-0.15, -0.1) is 11.8 Å². The summed E-state index contributed by atoms with van der Waals surface area (Å²) in [5, 5.41) is 74.7. The fourth-order valence-corrected chi connectivity index (χ4v) is 15.0. The van der Waals surface area contributed by atoms with Crippen LogP contribution in [0.2, 0.25) is 0 Å². The highest BCUT2D eigenvalue weighted by Gasteiger charge is 2.53. The molecule has 1 amide bonds. The number of ether oxygens (including phenoxy) is 8. The van der Waals surface area contributed by atoms with Crippen LogP contribution in [0.3, 0.4) is 0 Å². The Bertz CT molecular complexity index is 2670. The summed E-state index contributed by atoms with van der Waals surface area (Å²) in [5.41, 5.74) is -5.24. The van der Waals surface area contributed by atoms with Crippen LogP contribution in [0, 0.1) is 23.7 Å². The molecule has 25 heteroatoms. The molecule has 458 valence electrons. The molecule has 6 rings (SSSR count). The number of aromatic nitrogens is 1. The van der Waals surface area contributed by atoms with E-state index in [0.717, 1.165) is 10.5 Å². The lowest BCUT2D eigenvalue weighted by Crippen LogP contribution is -2.60. The molecule has 3 fully saturated rings. The van der Waals surface area contributed by atoms with Crippen LogP contribution in [-0.2, 0) is 58.1 Å². The number of esters is 1. The summed E-state index contributed by atoms with van der Waals surface area (Å²) >= 11 is -0.275. The molecule has 2 aromatic rings. The topological polar surface area (TPSA) is 305 Å². The molecule has 0 aliphatic carbocycles. The van der Waals surface area contributed by atoms with Crippen LogP contribution >= 0.6 is 32.9 Å². The number of aliphatic hydroxyl groups excluding tert-OH is 2. The van der Waals surface area contributed by atoms with Crippen LogP contribution in [0.4, 0.5) is 4.79 Å². The Morgan fingerprint density at radius 3 is 2.30 bits per heavy atom. The highest BCUT2D eigenvalue weighted by molar-refractivity contribution is 14.2. The second-order valence-corrected chi connectivity index (χ2v) is 26.7. The van der Waals surface area contributed by atoms with Crippen LogP contribution in [0.1, 0.15) is 125 Å². The molecule has 4 aliphatic rings. The summed E-state index contributed by atoms with van der Waals surface area (Å²) in [6.45, 7) is 21.1. The molecule has 7 N–H and O–H groups in total. The number of aliphatic hydroxyl groups is 4. The molecule has 0 saturated carbocycles. The van der Waals surface area contributed by atoms with Crippen molar-refractivity contribution in [2.75, 3.05) is 46.7 Å². The van der Waals surface area contributed by atoms with Crippen molar-refractivity contribution in [1.29, 1.82) is 0 Å². The monoisotopic (exact) mass is 1280 g/mol.